The molecule has 0 fully saturated rings. The van der Waals surface area contributed by atoms with Gasteiger partial charge >= 0.3 is 0 Å². The van der Waals surface area contributed by atoms with Gasteiger partial charge in [-0.15, -0.1) is 0 Å². The molecule has 1 heteroatoms. The zero-order chi connectivity index (χ0) is 8.62. The highest BCUT2D eigenvalue weighted by Gasteiger charge is 2.11. The van der Waals surface area contributed by atoms with Crippen LogP contribution in [0.4, 0.5) is 0 Å². The van der Waals surface area contributed by atoms with Gasteiger partial charge in [-0.2, -0.15) is 13.5 Å². The second-order valence-corrected chi connectivity index (χ2v) is 3.27. The summed E-state index contributed by atoms with van der Waals surface area (Å²) in [6.45, 7) is 13.2. The second kappa shape index (κ2) is 10.3. The third-order valence-electron chi connectivity index (χ3n) is 1.88. The summed E-state index contributed by atoms with van der Waals surface area (Å²) in [4.78, 5) is 0. The van der Waals surface area contributed by atoms with Crippen molar-refractivity contribution >= 4 is 13.5 Å². The van der Waals surface area contributed by atoms with Gasteiger partial charge in [0.05, 0.1) is 0 Å². The van der Waals surface area contributed by atoms with E-state index >= 15 is 0 Å². The van der Waals surface area contributed by atoms with E-state index < -0.39 is 0 Å². The zero-order valence-corrected chi connectivity index (χ0v) is 10.1. The Kier molecular flexibility index (Phi) is 16.4. The van der Waals surface area contributed by atoms with E-state index in [1.807, 2.05) is 13.8 Å². The van der Waals surface area contributed by atoms with Crippen molar-refractivity contribution in [2.75, 3.05) is 0 Å². The number of rotatable bonds is 3. The zero-order valence-electron chi connectivity index (χ0n) is 9.12. The molecule has 0 atom stereocenters. The molecule has 0 aromatic carbocycles. The molecule has 0 saturated heterocycles. The molecule has 0 aromatic rings. The van der Waals surface area contributed by atoms with Gasteiger partial charge in [0.1, 0.15) is 0 Å². The average Bonchev–Trinajstić information content (AvgIpc) is 1.93. The van der Waals surface area contributed by atoms with Gasteiger partial charge in [-0.1, -0.05) is 54.4 Å². The maximum atomic E-state index is 2.33. The first-order valence-corrected chi connectivity index (χ1v) is 4.62. The third-order valence-corrected chi connectivity index (χ3v) is 1.88. The van der Waals surface area contributed by atoms with Gasteiger partial charge in [-0.25, -0.2) is 0 Å². The van der Waals surface area contributed by atoms with E-state index in [0.717, 1.165) is 0 Å². The first kappa shape index (κ1) is 17.4. The summed E-state index contributed by atoms with van der Waals surface area (Å²) < 4.78 is 0. The van der Waals surface area contributed by atoms with Gasteiger partial charge in [0.25, 0.3) is 0 Å². The third kappa shape index (κ3) is 13.4. The summed E-state index contributed by atoms with van der Waals surface area (Å²) in [5, 5.41) is 0. The van der Waals surface area contributed by atoms with Crippen molar-refractivity contribution in [1.29, 1.82) is 0 Å². The first-order valence-electron chi connectivity index (χ1n) is 4.62. The molecule has 0 aromatic heterocycles. The molecule has 0 heterocycles. The molecule has 0 aliphatic rings. The molecule has 0 amide bonds. The van der Waals surface area contributed by atoms with Crippen LogP contribution in [0.3, 0.4) is 0 Å². The van der Waals surface area contributed by atoms with Crippen molar-refractivity contribution in [3.8, 4) is 0 Å². The largest absolute Gasteiger partial charge is 0.197 e. The SMILES string of the molecule is CC.CCCC(C)(C)CC.S. The Morgan fingerprint density at radius 2 is 1.36 bits per heavy atom. The van der Waals surface area contributed by atoms with Crippen LogP contribution >= 0.6 is 13.5 Å². The monoisotopic (exact) mass is 178 g/mol. The van der Waals surface area contributed by atoms with E-state index in [-0.39, 0.29) is 13.5 Å². The van der Waals surface area contributed by atoms with Crippen molar-refractivity contribution in [3.63, 3.8) is 0 Å². The van der Waals surface area contributed by atoms with Crippen LogP contribution in [0.5, 0.6) is 0 Å². The quantitative estimate of drug-likeness (QED) is 0.602. The van der Waals surface area contributed by atoms with Crippen LogP contribution in [-0.4, -0.2) is 0 Å². The molecular weight excluding hydrogens is 152 g/mol. The van der Waals surface area contributed by atoms with E-state index in [2.05, 4.69) is 27.7 Å². The lowest BCUT2D eigenvalue weighted by Crippen LogP contribution is -2.07. The Labute approximate surface area is 80.2 Å². The topological polar surface area (TPSA) is 0 Å². The molecule has 0 rings (SSSR count). The molecule has 72 valence electrons. The van der Waals surface area contributed by atoms with E-state index in [4.69, 9.17) is 0 Å². The molecule has 0 radical (unpaired) electrons. The molecule has 0 aliphatic carbocycles. The van der Waals surface area contributed by atoms with Gasteiger partial charge in [0, 0.05) is 0 Å². The highest BCUT2D eigenvalue weighted by molar-refractivity contribution is 7.59. The maximum Gasteiger partial charge on any atom is -0.0357 e. The van der Waals surface area contributed by atoms with Gasteiger partial charge in [0.15, 0.2) is 0 Å². The first-order chi connectivity index (χ1) is 4.62. The predicted octanol–water partition coefficient (Wildman–Crippen LogP) is 4.36. The second-order valence-electron chi connectivity index (χ2n) is 3.27. The molecule has 0 spiro atoms. The smallest absolute Gasteiger partial charge is 0.0357 e. The lowest BCUT2D eigenvalue weighted by atomic mass is 9.86. The molecular formula is C10H26S. The molecule has 0 aliphatic heterocycles. The lowest BCUT2D eigenvalue weighted by Gasteiger charge is -2.20. The van der Waals surface area contributed by atoms with Crippen LogP contribution in [0.15, 0.2) is 0 Å². The Balaban J connectivity index is -0.000000196. The van der Waals surface area contributed by atoms with E-state index in [9.17, 15) is 0 Å². The summed E-state index contributed by atoms with van der Waals surface area (Å²) >= 11 is 0. The highest BCUT2D eigenvalue weighted by atomic mass is 32.1. The number of hydrogen-bond donors (Lipinski definition) is 0. The van der Waals surface area contributed by atoms with E-state index in [0.29, 0.717) is 5.41 Å². The summed E-state index contributed by atoms with van der Waals surface area (Å²) in [5.74, 6) is 0. The fourth-order valence-electron chi connectivity index (χ4n) is 0.854. The Bertz CT molecular complexity index is 57.9. The van der Waals surface area contributed by atoms with Crippen LogP contribution in [-0.2, 0) is 0 Å². The lowest BCUT2D eigenvalue weighted by molar-refractivity contribution is 0.319. The number of hydrogen-bond acceptors (Lipinski definition) is 0. The summed E-state index contributed by atoms with van der Waals surface area (Å²) in [6, 6.07) is 0. The summed E-state index contributed by atoms with van der Waals surface area (Å²) in [5.41, 5.74) is 0.592. The van der Waals surface area contributed by atoms with Crippen molar-refractivity contribution < 1.29 is 0 Å². The van der Waals surface area contributed by atoms with Gasteiger partial charge in [-0.3, -0.25) is 0 Å². The van der Waals surface area contributed by atoms with Crippen molar-refractivity contribution in [3.05, 3.63) is 0 Å². The minimum absolute atomic E-state index is 0. The van der Waals surface area contributed by atoms with Crippen molar-refractivity contribution in [2.45, 2.75) is 60.8 Å². The van der Waals surface area contributed by atoms with E-state index in [1.165, 1.54) is 19.3 Å². The minimum atomic E-state index is 0. The predicted molar refractivity (Wildman–Crippen MR) is 60.7 cm³/mol. The molecule has 0 nitrogen and oxygen atoms in total. The Morgan fingerprint density at radius 3 is 1.45 bits per heavy atom. The highest BCUT2D eigenvalue weighted by Crippen LogP contribution is 2.25. The van der Waals surface area contributed by atoms with Gasteiger partial charge in [0.2, 0.25) is 0 Å². The standard InChI is InChI=1S/C8H18.C2H6.H2S/c1-5-7-8(3,4)6-2;1-2;/h5-7H2,1-4H3;1-2H3;1H2. The van der Waals surface area contributed by atoms with Crippen LogP contribution in [0, 0.1) is 5.41 Å². The average molecular weight is 178 g/mol. The molecule has 11 heavy (non-hydrogen) atoms. The molecule has 0 bridgehead atoms. The Morgan fingerprint density at radius 1 is 1.00 bits per heavy atom. The summed E-state index contributed by atoms with van der Waals surface area (Å²) in [7, 11) is 0. The van der Waals surface area contributed by atoms with Gasteiger partial charge < -0.3 is 0 Å². The van der Waals surface area contributed by atoms with Crippen LogP contribution < -0.4 is 0 Å². The Hall–Kier alpha value is 0.350. The summed E-state index contributed by atoms with van der Waals surface area (Å²) in [6.07, 6.45) is 3.99. The normalized spacial score (nSPS) is 9.27. The molecule has 0 N–H and O–H groups in total. The fraction of sp³-hybridized carbons (Fsp3) is 1.00. The minimum Gasteiger partial charge on any atom is -0.197 e. The van der Waals surface area contributed by atoms with Crippen LogP contribution in [0.1, 0.15) is 60.8 Å². The van der Waals surface area contributed by atoms with Crippen molar-refractivity contribution in [1.82, 2.24) is 0 Å². The molecule has 0 unspecified atom stereocenters. The molecule has 0 saturated carbocycles. The van der Waals surface area contributed by atoms with E-state index in [1.54, 1.807) is 0 Å². The maximum absolute atomic E-state index is 2.33. The van der Waals surface area contributed by atoms with Crippen molar-refractivity contribution in [2.24, 2.45) is 5.41 Å². The van der Waals surface area contributed by atoms with Gasteiger partial charge in [-0.05, 0) is 11.8 Å². The fourth-order valence-corrected chi connectivity index (χ4v) is 0.854. The van der Waals surface area contributed by atoms with Crippen LogP contribution in [0.2, 0.25) is 0 Å². The van der Waals surface area contributed by atoms with Crippen LogP contribution in [0.25, 0.3) is 0 Å².